The number of ether oxygens (including phenoxy) is 1. The van der Waals surface area contributed by atoms with Gasteiger partial charge in [-0.15, -0.1) is 0 Å². The Hall–Kier alpha value is -5.31. The van der Waals surface area contributed by atoms with E-state index in [2.05, 4.69) is 20.3 Å². The van der Waals surface area contributed by atoms with E-state index in [0.717, 1.165) is 23.5 Å². The molecule has 1 aliphatic rings. The lowest BCUT2D eigenvalue weighted by atomic mass is 10.1. The molecule has 2 aromatic heterocycles. The number of hydrogen-bond acceptors (Lipinski definition) is 10. The van der Waals surface area contributed by atoms with Gasteiger partial charge in [0.25, 0.3) is 5.91 Å². The minimum Gasteiger partial charge on any atom is -0.480 e. The van der Waals surface area contributed by atoms with E-state index in [4.69, 9.17) is 9.72 Å². The average Bonchev–Trinajstić information content (AvgIpc) is 3.07. The predicted octanol–water partition coefficient (Wildman–Crippen LogP) is 3.74. The lowest BCUT2D eigenvalue weighted by molar-refractivity contribution is -0.142. The maximum atomic E-state index is 13.4. The van der Waals surface area contributed by atoms with Crippen LogP contribution in [0.4, 0.5) is 30.6 Å². The molecule has 2 aromatic carbocycles. The molecule has 1 amide bonds. The number of carboxylic acids is 1. The zero-order valence-corrected chi connectivity index (χ0v) is 25.7. The Morgan fingerprint density at radius 3 is 2.28 bits per heavy atom. The van der Waals surface area contributed by atoms with E-state index < -0.39 is 29.8 Å². The minimum absolute atomic E-state index is 0.0295. The van der Waals surface area contributed by atoms with Crippen molar-refractivity contribution >= 4 is 29.3 Å². The van der Waals surface area contributed by atoms with Crippen molar-refractivity contribution in [2.24, 2.45) is 0 Å². The van der Waals surface area contributed by atoms with Gasteiger partial charge in [0, 0.05) is 63.8 Å². The molecule has 0 unspecified atom stereocenters. The third-order valence-corrected chi connectivity index (χ3v) is 7.41. The number of alkyl halides is 3. The van der Waals surface area contributed by atoms with Gasteiger partial charge in [-0.1, -0.05) is 30.3 Å². The fraction of sp³-hybridized carbons (Fsp3) is 0.312. The SMILES string of the molecule is CN(C)c1ccc(-c2nc(C(=O)N[C@@H](COCc3ccccc3)C(=O)O)cc(N3CCN(c4nccc(C(F)(F)F)n4)CC3)n2)cc1. The van der Waals surface area contributed by atoms with Crippen molar-refractivity contribution in [3.05, 3.63) is 89.9 Å². The summed E-state index contributed by atoms with van der Waals surface area (Å²) in [6, 6.07) is 17.6. The highest BCUT2D eigenvalue weighted by atomic mass is 19.4. The van der Waals surface area contributed by atoms with Gasteiger partial charge < -0.3 is 29.9 Å². The number of aromatic nitrogens is 4. The molecule has 246 valence electrons. The summed E-state index contributed by atoms with van der Waals surface area (Å²) in [6.45, 7) is 1.15. The summed E-state index contributed by atoms with van der Waals surface area (Å²) in [6.07, 6.45) is -3.51. The summed E-state index contributed by atoms with van der Waals surface area (Å²) >= 11 is 0. The number of hydrogen-bond donors (Lipinski definition) is 2. The number of benzene rings is 2. The number of aliphatic carboxylic acids is 1. The quantitative estimate of drug-likeness (QED) is 0.246. The average molecular weight is 651 g/mol. The summed E-state index contributed by atoms with van der Waals surface area (Å²) in [5, 5.41) is 12.3. The molecule has 12 nitrogen and oxygen atoms in total. The summed E-state index contributed by atoms with van der Waals surface area (Å²) < 4.78 is 45.2. The van der Waals surface area contributed by atoms with Crippen molar-refractivity contribution in [2.75, 3.05) is 61.6 Å². The van der Waals surface area contributed by atoms with Gasteiger partial charge in [-0.2, -0.15) is 13.2 Å². The van der Waals surface area contributed by atoms with Gasteiger partial charge in [0.15, 0.2) is 11.9 Å². The first-order chi connectivity index (χ1) is 22.5. The third-order valence-electron chi connectivity index (χ3n) is 7.41. The van der Waals surface area contributed by atoms with Gasteiger partial charge in [-0.25, -0.2) is 24.7 Å². The monoisotopic (exact) mass is 650 g/mol. The number of halogens is 3. The predicted molar refractivity (Wildman–Crippen MR) is 168 cm³/mol. The summed E-state index contributed by atoms with van der Waals surface area (Å²) in [4.78, 5) is 47.8. The van der Waals surface area contributed by atoms with Crippen LogP contribution in [0, 0.1) is 0 Å². The molecule has 1 saturated heterocycles. The third kappa shape index (κ3) is 8.49. The van der Waals surface area contributed by atoms with E-state index in [-0.39, 0.29) is 30.7 Å². The summed E-state index contributed by atoms with van der Waals surface area (Å²) in [7, 11) is 3.81. The van der Waals surface area contributed by atoms with Crippen LogP contribution in [0.15, 0.2) is 72.9 Å². The van der Waals surface area contributed by atoms with Crippen molar-refractivity contribution in [1.29, 1.82) is 0 Å². The first kappa shape index (κ1) is 33.1. The highest BCUT2D eigenvalue weighted by Crippen LogP contribution is 2.29. The highest BCUT2D eigenvalue weighted by molar-refractivity contribution is 5.96. The van der Waals surface area contributed by atoms with Crippen molar-refractivity contribution in [3.8, 4) is 11.4 Å². The lowest BCUT2D eigenvalue weighted by Gasteiger charge is -2.35. The molecule has 1 fully saturated rings. The fourth-order valence-corrected chi connectivity index (χ4v) is 4.82. The Balaban J connectivity index is 1.36. The van der Waals surface area contributed by atoms with E-state index in [1.807, 2.05) is 78.5 Å². The molecule has 0 radical (unpaired) electrons. The summed E-state index contributed by atoms with van der Waals surface area (Å²) in [5.74, 6) is -1.39. The van der Waals surface area contributed by atoms with E-state index in [1.165, 1.54) is 6.07 Å². The molecule has 15 heteroatoms. The molecule has 2 N–H and O–H groups in total. The largest absolute Gasteiger partial charge is 0.480 e. The van der Waals surface area contributed by atoms with Crippen LogP contribution in [0.2, 0.25) is 0 Å². The van der Waals surface area contributed by atoms with Crippen molar-refractivity contribution in [2.45, 2.75) is 18.8 Å². The fourth-order valence-electron chi connectivity index (χ4n) is 4.82. The number of amides is 1. The molecule has 0 spiro atoms. The van der Waals surface area contributed by atoms with Crippen LogP contribution in [0.3, 0.4) is 0 Å². The Morgan fingerprint density at radius 1 is 0.957 bits per heavy atom. The van der Waals surface area contributed by atoms with E-state index >= 15 is 0 Å². The van der Waals surface area contributed by atoms with Crippen LogP contribution < -0.4 is 20.0 Å². The molecule has 3 heterocycles. The highest BCUT2D eigenvalue weighted by Gasteiger charge is 2.34. The zero-order chi connectivity index (χ0) is 33.6. The Labute approximate surface area is 268 Å². The van der Waals surface area contributed by atoms with E-state index in [0.29, 0.717) is 37.6 Å². The Kier molecular flexibility index (Phi) is 10.1. The molecule has 1 atom stereocenters. The van der Waals surface area contributed by atoms with Crippen molar-refractivity contribution < 1.29 is 32.6 Å². The number of carbonyl (C=O) groups excluding carboxylic acids is 1. The minimum atomic E-state index is -4.59. The standard InChI is InChI=1S/C32H33F3N8O4/c1-41(2)23-10-8-22(9-11-23)28-37-24(29(44)38-25(30(45)46)20-47-19-21-6-4-3-5-7-21)18-27(40-28)42-14-16-43(17-15-42)31-36-13-12-26(39-31)32(33,34)35/h3-13,18,25H,14-17,19-20H2,1-2H3,(H,38,44)(H,45,46)/t25-/m0/s1. The smallest absolute Gasteiger partial charge is 0.433 e. The summed E-state index contributed by atoms with van der Waals surface area (Å²) in [5.41, 5.74) is 1.35. The number of rotatable bonds is 11. The van der Waals surface area contributed by atoms with Gasteiger partial charge in [0.1, 0.15) is 17.2 Å². The van der Waals surface area contributed by atoms with Crippen LogP contribution in [-0.2, 0) is 22.3 Å². The molecule has 47 heavy (non-hydrogen) atoms. The van der Waals surface area contributed by atoms with Crippen LogP contribution in [0.5, 0.6) is 0 Å². The van der Waals surface area contributed by atoms with Gasteiger partial charge in [0.2, 0.25) is 5.95 Å². The molecule has 0 bridgehead atoms. The van der Waals surface area contributed by atoms with Crippen LogP contribution in [0.25, 0.3) is 11.4 Å². The number of nitrogens with one attached hydrogen (secondary N) is 1. The van der Waals surface area contributed by atoms with E-state index in [1.54, 1.807) is 4.90 Å². The van der Waals surface area contributed by atoms with Gasteiger partial charge in [-0.05, 0) is 35.9 Å². The van der Waals surface area contributed by atoms with E-state index in [9.17, 15) is 27.9 Å². The number of anilines is 3. The number of piperazine rings is 1. The second-order valence-corrected chi connectivity index (χ2v) is 11.0. The van der Waals surface area contributed by atoms with Crippen molar-refractivity contribution in [1.82, 2.24) is 25.3 Å². The zero-order valence-electron chi connectivity index (χ0n) is 25.7. The van der Waals surface area contributed by atoms with Crippen molar-refractivity contribution in [3.63, 3.8) is 0 Å². The normalized spacial score (nSPS) is 14.1. The van der Waals surface area contributed by atoms with Crippen LogP contribution in [0.1, 0.15) is 21.7 Å². The molecule has 5 rings (SSSR count). The van der Waals surface area contributed by atoms with Gasteiger partial charge in [-0.3, -0.25) is 4.79 Å². The van der Waals surface area contributed by atoms with Crippen LogP contribution in [-0.4, -0.2) is 89.8 Å². The van der Waals surface area contributed by atoms with Gasteiger partial charge >= 0.3 is 12.1 Å². The second-order valence-electron chi connectivity index (χ2n) is 11.0. The molecular formula is C32H33F3N8O4. The number of carbonyl (C=O) groups is 2. The maximum absolute atomic E-state index is 13.4. The molecule has 1 aliphatic heterocycles. The first-order valence-corrected chi connectivity index (χ1v) is 14.7. The molecular weight excluding hydrogens is 617 g/mol. The first-order valence-electron chi connectivity index (χ1n) is 14.7. The topological polar surface area (TPSA) is 137 Å². The Bertz CT molecular complexity index is 1680. The maximum Gasteiger partial charge on any atom is 0.433 e. The molecule has 4 aromatic rings. The number of carboxylic acid groups (broad SMARTS) is 1. The second kappa shape index (κ2) is 14.4. The van der Waals surface area contributed by atoms with Gasteiger partial charge in [0.05, 0.1) is 13.2 Å². The Morgan fingerprint density at radius 2 is 1.64 bits per heavy atom. The molecule has 0 saturated carbocycles. The van der Waals surface area contributed by atoms with Crippen LogP contribution >= 0.6 is 0 Å². The molecule has 0 aliphatic carbocycles. The number of nitrogens with zero attached hydrogens (tertiary/aromatic N) is 7. The lowest BCUT2D eigenvalue weighted by Crippen LogP contribution is -2.48.